The molecule has 3 heterocycles. The molecule has 9 heteroatoms. The summed E-state index contributed by atoms with van der Waals surface area (Å²) in [6, 6.07) is 11.2. The number of anilines is 1. The summed E-state index contributed by atoms with van der Waals surface area (Å²) in [5.74, 6) is 2.40. The summed E-state index contributed by atoms with van der Waals surface area (Å²) in [6.07, 6.45) is 0.953. The van der Waals surface area contributed by atoms with E-state index < -0.39 is 0 Å². The minimum Gasteiger partial charge on any atom is -0.366 e. The average molecular weight is 442 g/mol. The van der Waals surface area contributed by atoms with Crippen molar-refractivity contribution < 1.29 is 4.39 Å². The number of piperazine rings is 1. The van der Waals surface area contributed by atoms with Crippen molar-refractivity contribution in [1.82, 2.24) is 25.0 Å². The van der Waals surface area contributed by atoms with Gasteiger partial charge in [0, 0.05) is 44.6 Å². The molecule has 1 aromatic carbocycles. The van der Waals surface area contributed by atoms with E-state index >= 15 is 0 Å². The fourth-order valence-corrected chi connectivity index (χ4v) is 4.33. The summed E-state index contributed by atoms with van der Waals surface area (Å²) in [4.78, 5) is 10.5. The maximum absolute atomic E-state index is 14.2. The minimum absolute atomic E-state index is 0.170. The molecular weight excluding hydrogens is 413 g/mol. The number of para-hydroxylation sites is 1. The summed E-state index contributed by atoms with van der Waals surface area (Å²) in [7, 11) is 1.96. The van der Waals surface area contributed by atoms with Crippen LogP contribution >= 0.6 is 11.3 Å². The van der Waals surface area contributed by atoms with E-state index in [9.17, 15) is 4.39 Å². The number of guanidine groups is 1. The minimum atomic E-state index is -0.170. The molecule has 0 atom stereocenters. The Bertz CT molecular complexity index is 1010. The van der Waals surface area contributed by atoms with Gasteiger partial charge in [0.25, 0.3) is 0 Å². The van der Waals surface area contributed by atoms with Gasteiger partial charge in [-0.2, -0.15) is 0 Å². The standard InChI is InChI=1S/C22H28FN7S/c1-17-26-27-21(28(17)2)16-25-22(24-10-9-18-6-5-15-31-18)30-13-11-29(12-14-30)20-8-4-3-7-19(20)23/h3-8,15H,9-14,16H2,1-2H3,(H,24,25). The number of hydrogen-bond acceptors (Lipinski definition) is 5. The second kappa shape index (κ2) is 9.91. The van der Waals surface area contributed by atoms with Gasteiger partial charge in [0.05, 0.1) is 5.69 Å². The Balaban J connectivity index is 1.42. The molecule has 0 spiro atoms. The number of hydrogen-bond donors (Lipinski definition) is 1. The van der Waals surface area contributed by atoms with Gasteiger partial charge in [-0.3, -0.25) is 0 Å². The first-order valence-electron chi connectivity index (χ1n) is 10.5. The highest BCUT2D eigenvalue weighted by Gasteiger charge is 2.22. The normalized spacial score (nSPS) is 14.9. The van der Waals surface area contributed by atoms with Crippen LogP contribution in [-0.2, 0) is 20.0 Å². The number of rotatable bonds is 6. The van der Waals surface area contributed by atoms with E-state index in [-0.39, 0.29) is 5.82 Å². The molecule has 0 unspecified atom stereocenters. The summed E-state index contributed by atoms with van der Waals surface area (Å²) < 4.78 is 16.1. The Morgan fingerprint density at radius 3 is 2.61 bits per heavy atom. The Hall–Kier alpha value is -2.94. The van der Waals surface area contributed by atoms with Gasteiger partial charge in [-0.25, -0.2) is 9.38 Å². The summed E-state index contributed by atoms with van der Waals surface area (Å²) in [5, 5.41) is 14.0. The molecule has 0 amide bonds. The molecule has 0 saturated carbocycles. The van der Waals surface area contributed by atoms with Crippen molar-refractivity contribution in [1.29, 1.82) is 0 Å². The van der Waals surface area contributed by atoms with E-state index in [1.807, 2.05) is 30.7 Å². The van der Waals surface area contributed by atoms with Crippen LogP contribution in [0.5, 0.6) is 0 Å². The molecule has 1 fully saturated rings. The van der Waals surface area contributed by atoms with E-state index in [0.717, 1.165) is 56.8 Å². The topological polar surface area (TPSA) is 61.6 Å². The Morgan fingerprint density at radius 2 is 1.94 bits per heavy atom. The molecule has 0 radical (unpaired) electrons. The third kappa shape index (κ3) is 5.22. The predicted octanol–water partition coefficient (Wildman–Crippen LogP) is 2.83. The fourth-order valence-electron chi connectivity index (χ4n) is 3.62. The third-order valence-electron chi connectivity index (χ3n) is 5.56. The molecule has 7 nitrogen and oxygen atoms in total. The summed E-state index contributed by atoms with van der Waals surface area (Å²) >= 11 is 1.77. The molecule has 164 valence electrons. The smallest absolute Gasteiger partial charge is 0.194 e. The van der Waals surface area contributed by atoms with E-state index in [1.54, 1.807) is 17.4 Å². The van der Waals surface area contributed by atoms with Crippen LogP contribution in [0.15, 0.2) is 46.8 Å². The first kappa shape index (κ1) is 21.3. The summed E-state index contributed by atoms with van der Waals surface area (Å²) in [6.45, 7) is 6.25. The Morgan fingerprint density at radius 1 is 1.13 bits per heavy atom. The molecule has 2 aromatic heterocycles. The highest BCUT2D eigenvalue weighted by molar-refractivity contribution is 7.09. The maximum Gasteiger partial charge on any atom is 0.194 e. The number of nitrogens with one attached hydrogen (secondary N) is 1. The van der Waals surface area contributed by atoms with Crippen LogP contribution in [0.4, 0.5) is 10.1 Å². The van der Waals surface area contributed by atoms with Crippen molar-refractivity contribution in [2.75, 3.05) is 37.6 Å². The fraction of sp³-hybridized carbons (Fsp3) is 0.409. The molecule has 1 aliphatic rings. The van der Waals surface area contributed by atoms with Crippen molar-refractivity contribution in [2.24, 2.45) is 12.0 Å². The predicted molar refractivity (Wildman–Crippen MR) is 123 cm³/mol. The van der Waals surface area contributed by atoms with E-state index in [0.29, 0.717) is 12.2 Å². The van der Waals surface area contributed by atoms with Crippen molar-refractivity contribution in [3.63, 3.8) is 0 Å². The highest BCUT2D eigenvalue weighted by Crippen LogP contribution is 2.20. The molecule has 4 rings (SSSR count). The molecule has 0 bridgehead atoms. The van der Waals surface area contributed by atoms with Crippen LogP contribution < -0.4 is 10.2 Å². The number of aliphatic imine (C=N–C) groups is 1. The van der Waals surface area contributed by atoms with E-state index in [2.05, 4.69) is 42.8 Å². The first-order valence-corrected chi connectivity index (χ1v) is 11.4. The molecule has 1 saturated heterocycles. The Kier molecular flexibility index (Phi) is 6.81. The second-order valence-electron chi connectivity index (χ2n) is 7.54. The van der Waals surface area contributed by atoms with Gasteiger partial charge in [-0.15, -0.1) is 21.5 Å². The molecule has 0 aliphatic carbocycles. The number of aryl methyl sites for hydroxylation is 1. The first-order chi connectivity index (χ1) is 15.1. The monoisotopic (exact) mass is 441 g/mol. The number of thiophene rings is 1. The lowest BCUT2D eigenvalue weighted by Gasteiger charge is -2.37. The third-order valence-corrected chi connectivity index (χ3v) is 6.50. The maximum atomic E-state index is 14.2. The van der Waals surface area contributed by atoms with E-state index in [1.165, 1.54) is 10.9 Å². The van der Waals surface area contributed by atoms with Crippen LogP contribution in [0.25, 0.3) is 0 Å². The van der Waals surface area contributed by atoms with Crippen molar-refractivity contribution in [3.05, 3.63) is 64.1 Å². The lowest BCUT2D eigenvalue weighted by atomic mass is 10.2. The summed E-state index contributed by atoms with van der Waals surface area (Å²) in [5.41, 5.74) is 0.667. The number of aromatic nitrogens is 3. The van der Waals surface area contributed by atoms with Gasteiger partial charge in [-0.1, -0.05) is 18.2 Å². The molecular formula is C22H28FN7S. The number of nitrogens with zero attached hydrogens (tertiary/aromatic N) is 6. The van der Waals surface area contributed by atoms with Crippen LogP contribution in [0.1, 0.15) is 16.5 Å². The van der Waals surface area contributed by atoms with Gasteiger partial charge in [0.15, 0.2) is 11.8 Å². The largest absolute Gasteiger partial charge is 0.366 e. The quantitative estimate of drug-likeness (QED) is 0.471. The lowest BCUT2D eigenvalue weighted by Crippen LogP contribution is -2.53. The number of halogens is 1. The molecule has 1 N–H and O–H groups in total. The van der Waals surface area contributed by atoms with Gasteiger partial charge < -0.3 is 19.7 Å². The van der Waals surface area contributed by atoms with Crippen molar-refractivity contribution >= 4 is 23.0 Å². The van der Waals surface area contributed by atoms with Gasteiger partial charge >= 0.3 is 0 Å². The zero-order valence-electron chi connectivity index (χ0n) is 18.0. The van der Waals surface area contributed by atoms with Gasteiger partial charge in [0.2, 0.25) is 0 Å². The van der Waals surface area contributed by atoms with Crippen molar-refractivity contribution in [2.45, 2.75) is 19.9 Å². The van der Waals surface area contributed by atoms with Gasteiger partial charge in [0.1, 0.15) is 18.2 Å². The molecule has 1 aliphatic heterocycles. The lowest BCUT2D eigenvalue weighted by molar-refractivity contribution is 0.370. The van der Waals surface area contributed by atoms with Crippen LogP contribution in [0.2, 0.25) is 0 Å². The van der Waals surface area contributed by atoms with Crippen LogP contribution in [-0.4, -0.2) is 58.3 Å². The SMILES string of the molecule is Cc1nnc(CN=C(NCCc2cccs2)N2CCN(c3ccccc3F)CC2)n1C. The molecule has 31 heavy (non-hydrogen) atoms. The number of benzene rings is 1. The van der Waals surface area contributed by atoms with Crippen molar-refractivity contribution in [3.8, 4) is 0 Å². The average Bonchev–Trinajstić information content (AvgIpc) is 3.42. The zero-order chi connectivity index (χ0) is 21.6. The van der Waals surface area contributed by atoms with E-state index in [4.69, 9.17) is 4.99 Å². The molecule has 3 aromatic rings. The highest BCUT2D eigenvalue weighted by atomic mass is 32.1. The van der Waals surface area contributed by atoms with Crippen LogP contribution in [0, 0.1) is 12.7 Å². The Labute approximate surface area is 186 Å². The van der Waals surface area contributed by atoms with Gasteiger partial charge in [-0.05, 0) is 36.9 Å². The van der Waals surface area contributed by atoms with Crippen LogP contribution in [0.3, 0.4) is 0 Å². The zero-order valence-corrected chi connectivity index (χ0v) is 18.8. The second-order valence-corrected chi connectivity index (χ2v) is 8.58.